The number of piperazine rings is 1. The Morgan fingerprint density at radius 1 is 0.824 bits per heavy atom. The van der Waals surface area contributed by atoms with Crippen molar-refractivity contribution in [2.45, 2.75) is 239 Å². The Hall–Kier alpha value is -6.16. The number of fused-ring (bicyclic) bond motifs is 3. The van der Waals surface area contributed by atoms with Gasteiger partial charge in [0.05, 0.1) is 30.5 Å². The molecular weight excluding hydrogens is 1400 g/mol. The van der Waals surface area contributed by atoms with E-state index in [2.05, 4.69) is 81.9 Å². The average molecular weight is 1520 g/mol. The quantitative estimate of drug-likeness (QED) is 0.0128. The highest BCUT2D eigenvalue weighted by Gasteiger charge is 2.57. The fourth-order valence-corrected chi connectivity index (χ4v) is 17.7. The van der Waals surface area contributed by atoms with Crippen molar-refractivity contribution in [2.24, 2.45) is 29.6 Å². The van der Waals surface area contributed by atoms with Crippen LogP contribution in [-0.2, 0) is 70.3 Å². The molecule has 5 fully saturated rings. The number of hydrogen-bond acceptors (Lipinski definition) is 20. The number of cyclic esters (lactones) is 1. The number of rotatable bonds is 26. The predicted octanol–water partition coefficient (Wildman–Crippen LogP) is 9.26. The number of ether oxygens (including phenoxy) is 6. The number of allylic oxidation sites excluding steroid dienone is 6. The first kappa shape index (κ1) is 87.4. The van der Waals surface area contributed by atoms with Crippen molar-refractivity contribution in [3.8, 4) is 0 Å². The number of ketones is 2. The number of esters is 1. The molecular formula is C84H127N7O16S. The number of nitrogens with one attached hydrogen (secondary N) is 3. The molecule has 23 nitrogen and oxygen atoms in total. The molecule has 6 N–H and O–H groups in total. The third kappa shape index (κ3) is 23.7. The summed E-state index contributed by atoms with van der Waals surface area (Å²) in [5.41, 5.74) is 8.60. The summed E-state index contributed by atoms with van der Waals surface area (Å²) in [5.74, 6) is -7.10. The molecule has 1 saturated carbocycles. The van der Waals surface area contributed by atoms with Crippen LogP contribution in [0.15, 0.2) is 87.9 Å². The zero-order valence-electron chi connectivity index (χ0n) is 66.8. The molecule has 0 spiro atoms. The number of pyridine rings is 1. The number of aliphatic hydroxyl groups excluding tert-OH is 2. The van der Waals surface area contributed by atoms with Gasteiger partial charge in [-0.25, -0.2) is 4.79 Å². The number of Topliss-reactive ketones (excluding diaryl/α,β-unsaturated/α-hetero) is 2. The van der Waals surface area contributed by atoms with E-state index in [9.17, 15) is 48.9 Å². The number of H-pyrrole nitrogens is 1. The highest BCUT2D eigenvalue weighted by molar-refractivity contribution is 7.99. The lowest BCUT2D eigenvalue weighted by molar-refractivity contribution is -0.302. The third-order valence-corrected chi connectivity index (χ3v) is 24.6. The smallest absolute Gasteiger partial charge is 0.329 e. The van der Waals surface area contributed by atoms with Crippen LogP contribution in [0.3, 0.4) is 0 Å². The normalized spacial score (nSPS) is 29.8. The molecule has 24 heteroatoms. The summed E-state index contributed by atoms with van der Waals surface area (Å²) in [4.78, 5) is 110. The summed E-state index contributed by atoms with van der Waals surface area (Å²) in [6.45, 7) is 31.5. The van der Waals surface area contributed by atoms with E-state index >= 15 is 0 Å². The Labute approximate surface area is 645 Å². The Morgan fingerprint density at radius 3 is 2.19 bits per heavy atom. The van der Waals surface area contributed by atoms with Gasteiger partial charge in [0.15, 0.2) is 0 Å². The van der Waals surface area contributed by atoms with Crippen molar-refractivity contribution in [1.29, 1.82) is 0 Å². The first-order valence-corrected chi connectivity index (χ1v) is 40.8. The van der Waals surface area contributed by atoms with Crippen LogP contribution in [0.25, 0.3) is 5.57 Å². The first-order valence-electron chi connectivity index (χ1n) is 39.7. The number of nitrogens with zero attached hydrogens (tertiary/aromatic N) is 4. The van der Waals surface area contributed by atoms with Gasteiger partial charge < -0.3 is 69.2 Å². The average Bonchev–Trinajstić information content (AvgIpc) is 0.771. The van der Waals surface area contributed by atoms with Gasteiger partial charge in [0, 0.05) is 165 Å². The van der Waals surface area contributed by atoms with Gasteiger partial charge in [0.2, 0.25) is 11.7 Å². The van der Waals surface area contributed by atoms with E-state index in [1.54, 1.807) is 32.7 Å². The lowest BCUT2D eigenvalue weighted by Crippen LogP contribution is -2.64. The molecule has 6 aliphatic rings. The molecule has 14 atom stereocenters. The van der Waals surface area contributed by atoms with Gasteiger partial charge in [-0.2, -0.15) is 11.8 Å². The summed E-state index contributed by atoms with van der Waals surface area (Å²) in [6, 6.07) is 9.39. The molecule has 1 unspecified atom stereocenters. The van der Waals surface area contributed by atoms with Crippen molar-refractivity contribution in [1.82, 2.24) is 35.2 Å². The fourth-order valence-electron chi connectivity index (χ4n) is 16.8. The number of aromatic nitrogens is 1. The second kappa shape index (κ2) is 41.9. The van der Waals surface area contributed by atoms with Gasteiger partial charge in [-0.15, -0.1) is 0 Å². The molecule has 8 rings (SSSR count). The van der Waals surface area contributed by atoms with Crippen LogP contribution < -0.4 is 16.2 Å². The molecule has 2 bridgehead atoms. The molecule has 2 aromatic rings. The molecule has 4 saturated heterocycles. The number of aliphatic hydroxyl groups is 3. The fraction of sp³-hybridized carbons (Fsp3) is 0.679. The van der Waals surface area contributed by atoms with Gasteiger partial charge in [0.25, 0.3) is 23.2 Å². The van der Waals surface area contributed by atoms with Crippen LogP contribution in [0.1, 0.15) is 180 Å². The number of benzene rings is 1. The Kier molecular flexibility index (Phi) is 33.9. The molecule has 3 amide bonds. The van der Waals surface area contributed by atoms with Crippen LogP contribution in [-0.4, -0.2) is 234 Å². The van der Waals surface area contributed by atoms with E-state index in [0.29, 0.717) is 124 Å². The highest BCUT2D eigenvalue weighted by Crippen LogP contribution is 2.40. The minimum Gasteiger partial charge on any atom is -0.456 e. The van der Waals surface area contributed by atoms with Crippen LogP contribution in [0.4, 0.5) is 0 Å². The second-order valence-electron chi connectivity index (χ2n) is 31.5. The van der Waals surface area contributed by atoms with Crippen molar-refractivity contribution < 1.29 is 72.5 Å². The Balaban J connectivity index is 0.848. The molecule has 6 heterocycles. The molecule has 600 valence electrons. The lowest BCUT2D eigenvalue weighted by atomic mass is 9.81. The summed E-state index contributed by atoms with van der Waals surface area (Å²) >= 11 is 1.66. The SMILES string of the molecule is C=C(/C=C(C(=O)NCc1c(C)cc(C)[nH]c1=O)\C(C)=C(/C)N(CC)C1CCOCC1)c1ccc(CN2CCN(CCNC(=O)CCSCCC[C@@H]3/C=C(\C)C[C@H](C)C[C@H](OC)[C@H]4O[C@@](O)(C(=O)C(=O)N5CCCC[C@H]5C(=O)OC(/C(C)=C/[C@@H]5CC[C@@H](O)[C@H](OC)C5)[C@H](C)[C@@H](O)CC3=O)[C@H](C)C[C@@H]4OC)CC2)cc1. The zero-order valence-corrected chi connectivity index (χ0v) is 67.6. The first-order chi connectivity index (χ1) is 51.6. The lowest BCUT2D eigenvalue weighted by Gasteiger charge is -2.47. The summed E-state index contributed by atoms with van der Waals surface area (Å²) in [5, 5.41) is 41.4. The number of carbonyl (C=O) groups excluding carboxylic acids is 6. The predicted molar refractivity (Wildman–Crippen MR) is 420 cm³/mol. The zero-order chi connectivity index (χ0) is 78.5. The van der Waals surface area contributed by atoms with E-state index in [1.807, 2.05) is 58.9 Å². The third-order valence-electron chi connectivity index (χ3n) is 23.5. The maximum absolute atomic E-state index is 14.8. The van der Waals surface area contributed by atoms with Crippen molar-refractivity contribution in [3.63, 3.8) is 0 Å². The number of amides is 3. The Morgan fingerprint density at radius 2 is 1.51 bits per heavy atom. The van der Waals surface area contributed by atoms with Crippen LogP contribution in [0.2, 0.25) is 0 Å². The van der Waals surface area contributed by atoms with Gasteiger partial charge >= 0.3 is 5.97 Å². The number of hydrogen-bond donors (Lipinski definition) is 6. The van der Waals surface area contributed by atoms with E-state index in [0.717, 1.165) is 92.3 Å². The standard InChI is InChI=1S/C84H127N7O16S/c1-15-90(66-27-37-105-38-28-66)61(11)59(9)67(80(97)86-50-68-55(5)44-58(8)87-81(68)98)46-54(4)64-24-21-62(22-25-64)51-89-35-33-88(34-36-89)32-30-85-76(95)29-40-108-39-18-19-65-42-52(2)41-53(3)43-74(103-13)78-75(104-14)47-57(7)84(101,107-78)79(96)82(99)91-31-17-16-20-69(91)83(100)106-77(60(10)71(93)49-72(65)94)56(6)45-63-23-26-70(92)73(48-63)102-12/h21-22,24-25,42,44-46,53,57,60,63,65-66,69-71,73-75,77-78,92-93,101H,4,15-20,23,26-41,43,47-51H2,1-3,5-14H3,(H,85,95)(H,86,97)(H,87,98)/b52-42+,56-45+,61-59+,67-46+/t53-,57+,60+,63-,65+,69-,70+,71-,73+,74-,75-,77?,78+,84+/m0/s1. The van der Waals surface area contributed by atoms with Gasteiger partial charge in [-0.1, -0.05) is 69.3 Å². The van der Waals surface area contributed by atoms with Crippen molar-refractivity contribution >= 4 is 52.6 Å². The minimum atomic E-state index is -2.56. The highest BCUT2D eigenvalue weighted by atomic mass is 32.2. The van der Waals surface area contributed by atoms with Gasteiger partial charge in [-0.3, -0.25) is 38.6 Å². The Bertz CT molecular complexity index is 3560. The van der Waals surface area contributed by atoms with Gasteiger partial charge in [-0.05, 0) is 195 Å². The molecule has 108 heavy (non-hydrogen) atoms. The maximum atomic E-state index is 14.8. The number of aryl methyl sites for hydroxylation is 2. The minimum absolute atomic E-state index is 0.0159. The van der Waals surface area contributed by atoms with Crippen LogP contribution in [0, 0.1) is 43.4 Å². The summed E-state index contributed by atoms with van der Waals surface area (Å²) in [6.07, 6.45) is 7.45. The van der Waals surface area contributed by atoms with Crippen LogP contribution >= 0.6 is 11.8 Å². The number of piperidine rings is 1. The number of aromatic amines is 1. The van der Waals surface area contributed by atoms with E-state index in [4.69, 9.17) is 28.4 Å². The largest absolute Gasteiger partial charge is 0.456 e. The molecule has 5 aliphatic heterocycles. The van der Waals surface area contributed by atoms with E-state index in [1.165, 1.54) is 24.7 Å². The van der Waals surface area contributed by atoms with E-state index < -0.39 is 90.0 Å². The van der Waals surface area contributed by atoms with Gasteiger partial charge in [0.1, 0.15) is 24.0 Å². The van der Waals surface area contributed by atoms with E-state index in [-0.39, 0.29) is 67.3 Å². The molecule has 1 aromatic heterocycles. The number of methoxy groups -OCH3 is 3. The number of thioether (sulfide) groups is 1. The number of carbonyl (C=O) groups is 6. The monoisotopic (exact) mass is 1520 g/mol. The molecule has 1 aromatic carbocycles. The van der Waals surface area contributed by atoms with Crippen LogP contribution in [0.5, 0.6) is 0 Å². The second-order valence-corrected chi connectivity index (χ2v) is 32.7. The molecule has 1 aliphatic carbocycles. The maximum Gasteiger partial charge on any atom is 0.329 e. The molecule has 0 radical (unpaired) electrons. The van der Waals surface area contributed by atoms with Crippen molar-refractivity contribution in [3.05, 3.63) is 121 Å². The van der Waals surface area contributed by atoms with Crippen molar-refractivity contribution in [2.75, 3.05) is 98.4 Å². The topological polar surface area (TPSA) is 288 Å². The summed E-state index contributed by atoms with van der Waals surface area (Å²) in [7, 11) is 4.62. The summed E-state index contributed by atoms with van der Waals surface area (Å²) < 4.78 is 36.1.